The average Bonchev–Trinajstić information content (AvgIpc) is 2.35. The monoisotopic (exact) mass is 263 g/mol. The molecule has 19 heavy (non-hydrogen) atoms. The van der Waals surface area contributed by atoms with Gasteiger partial charge in [-0.3, -0.25) is 9.59 Å². The van der Waals surface area contributed by atoms with E-state index < -0.39 is 5.91 Å². The average molecular weight is 263 g/mol. The summed E-state index contributed by atoms with van der Waals surface area (Å²) in [5.74, 6) is -0.600. The SMILES string of the molecule is CCCNc1ccc(C(=O)NCCC(N)=O)c(C)c1. The third-order valence-electron chi connectivity index (χ3n) is 2.71. The zero-order valence-corrected chi connectivity index (χ0v) is 11.5. The number of nitrogens with two attached hydrogens (primary N) is 1. The Morgan fingerprint density at radius 3 is 2.58 bits per heavy atom. The van der Waals surface area contributed by atoms with Gasteiger partial charge in [0.2, 0.25) is 5.91 Å². The maximum absolute atomic E-state index is 11.9. The number of anilines is 1. The summed E-state index contributed by atoms with van der Waals surface area (Å²) in [5, 5.41) is 5.94. The quantitative estimate of drug-likeness (QED) is 0.695. The van der Waals surface area contributed by atoms with Crippen molar-refractivity contribution in [2.75, 3.05) is 18.4 Å². The summed E-state index contributed by atoms with van der Waals surface area (Å²) in [6, 6.07) is 5.61. The number of hydrogen-bond donors (Lipinski definition) is 3. The van der Waals surface area contributed by atoms with Gasteiger partial charge in [-0.05, 0) is 37.1 Å². The van der Waals surface area contributed by atoms with Crippen molar-refractivity contribution >= 4 is 17.5 Å². The van der Waals surface area contributed by atoms with E-state index in [1.165, 1.54) is 0 Å². The predicted molar refractivity (Wildman–Crippen MR) is 76.1 cm³/mol. The number of primary amides is 1. The summed E-state index contributed by atoms with van der Waals surface area (Å²) >= 11 is 0. The lowest BCUT2D eigenvalue weighted by Crippen LogP contribution is -2.28. The van der Waals surface area contributed by atoms with Crippen LogP contribution in [0.4, 0.5) is 5.69 Å². The Hall–Kier alpha value is -2.04. The van der Waals surface area contributed by atoms with E-state index in [4.69, 9.17) is 5.73 Å². The van der Waals surface area contributed by atoms with Gasteiger partial charge in [-0.25, -0.2) is 0 Å². The summed E-state index contributed by atoms with van der Waals surface area (Å²) in [6.07, 6.45) is 1.20. The molecule has 0 bridgehead atoms. The van der Waals surface area contributed by atoms with Gasteiger partial charge < -0.3 is 16.4 Å². The van der Waals surface area contributed by atoms with Gasteiger partial charge in [-0.1, -0.05) is 6.92 Å². The summed E-state index contributed by atoms with van der Waals surface area (Å²) in [4.78, 5) is 22.5. The van der Waals surface area contributed by atoms with Crippen molar-refractivity contribution in [3.63, 3.8) is 0 Å². The molecule has 0 saturated heterocycles. The van der Waals surface area contributed by atoms with Crippen LogP contribution in [0.5, 0.6) is 0 Å². The number of rotatable bonds is 7. The molecule has 5 heteroatoms. The first kappa shape index (κ1) is 15.0. The molecule has 1 aromatic rings. The first-order valence-electron chi connectivity index (χ1n) is 6.45. The van der Waals surface area contributed by atoms with E-state index >= 15 is 0 Å². The number of hydrogen-bond acceptors (Lipinski definition) is 3. The minimum Gasteiger partial charge on any atom is -0.385 e. The third-order valence-corrected chi connectivity index (χ3v) is 2.71. The zero-order chi connectivity index (χ0) is 14.3. The number of amides is 2. The lowest BCUT2D eigenvalue weighted by molar-refractivity contribution is -0.117. The molecule has 0 atom stereocenters. The van der Waals surface area contributed by atoms with Crippen molar-refractivity contribution < 1.29 is 9.59 Å². The van der Waals surface area contributed by atoms with Crippen LogP contribution in [0, 0.1) is 6.92 Å². The molecule has 1 aromatic carbocycles. The minimum absolute atomic E-state index is 0.154. The molecule has 2 amide bonds. The van der Waals surface area contributed by atoms with Crippen LogP contribution in [0.1, 0.15) is 35.7 Å². The summed E-state index contributed by atoms with van der Waals surface area (Å²) in [5.41, 5.74) is 7.54. The van der Waals surface area contributed by atoms with Gasteiger partial charge in [0.1, 0.15) is 0 Å². The normalized spacial score (nSPS) is 10.0. The van der Waals surface area contributed by atoms with Gasteiger partial charge in [-0.2, -0.15) is 0 Å². The van der Waals surface area contributed by atoms with Gasteiger partial charge in [0.15, 0.2) is 0 Å². The standard InChI is InChI=1S/C14H21N3O2/c1-3-7-16-11-4-5-12(10(2)9-11)14(19)17-8-6-13(15)18/h4-5,9,16H,3,6-8H2,1-2H3,(H2,15,18)(H,17,19). The lowest BCUT2D eigenvalue weighted by atomic mass is 10.1. The fourth-order valence-corrected chi connectivity index (χ4v) is 1.69. The van der Waals surface area contributed by atoms with E-state index in [-0.39, 0.29) is 18.9 Å². The fourth-order valence-electron chi connectivity index (χ4n) is 1.69. The lowest BCUT2D eigenvalue weighted by Gasteiger charge is -2.10. The van der Waals surface area contributed by atoms with E-state index in [2.05, 4.69) is 17.6 Å². The molecule has 1 rings (SSSR count). The molecule has 0 spiro atoms. The molecular formula is C14H21N3O2. The van der Waals surface area contributed by atoms with E-state index in [0.29, 0.717) is 5.56 Å². The molecule has 5 nitrogen and oxygen atoms in total. The van der Waals surface area contributed by atoms with Crippen molar-refractivity contribution in [3.05, 3.63) is 29.3 Å². The molecule has 4 N–H and O–H groups in total. The van der Waals surface area contributed by atoms with Crippen LogP contribution in [0.25, 0.3) is 0 Å². The van der Waals surface area contributed by atoms with Crippen LogP contribution in [-0.2, 0) is 4.79 Å². The molecule has 0 aliphatic heterocycles. The highest BCUT2D eigenvalue weighted by atomic mass is 16.2. The summed E-state index contributed by atoms with van der Waals surface area (Å²) < 4.78 is 0. The van der Waals surface area contributed by atoms with Crippen LogP contribution in [0.2, 0.25) is 0 Å². The van der Waals surface area contributed by atoms with Crippen LogP contribution >= 0.6 is 0 Å². The van der Waals surface area contributed by atoms with E-state index in [1.54, 1.807) is 6.07 Å². The Bertz CT molecular complexity index is 458. The largest absolute Gasteiger partial charge is 0.385 e. The molecule has 0 aliphatic carbocycles. The topological polar surface area (TPSA) is 84.2 Å². The maximum Gasteiger partial charge on any atom is 0.251 e. The summed E-state index contributed by atoms with van der Waals surface area (Å²) in [6.45, 7) is 5.16. The molecule has 0 unspecified atom stereocenters. The van der Waals surface area contributed by atoms with Crippen molar-refractivity contribution in [1.29, 1.82) is 0 Å². The number of benzene rings is 1. The Morgan fingerprint density at radius 1 is 1.26 bits per heavy atom. The highest BCUT2D eigenvalue weighted by molar-refractivity contribution is 5.96. The van der Waals surface area contributed by atoms with E-state index in [1.807, 2.05) is 19.1 Å². The molecule has 0 aromatic heterocycles. The van der Waals surface area contributed by atoms with Crippen molar-refractivity contribution in [3.8, 4) is 0 Å². The van der Waals surface area contributed by atoms with Crippen LogP contribution in [0.3, 0.4) is 0 Å². The smallest absolute Gasteiger partial charge is 0.251 e. The highest BCUT2D eigenvalue weighted by Crippen LogP contribution is 2.15. The first-order valence-corrected chi connectivity index (χ1v) is 6.45. The van der Waals surface area contributed by atoms with Gasteiger partial charge in [0, 0.05) is 30.8 Å². The number of carbonyl (C=O) groups excluding carboxylic acids is 2. The predicted octanol–water partition coefficient (Wildman–Crippen LogP) is 1.42. The summed E-state index contributed by atoms with van der Waals surface area (Å²) in [7, 11) is 0. The molecule has 104 valence electrons. The zero-order valence-electron chi connectivity index (χ0n) is 11.5. The van der Waals surface area contributed by atoms with Crippen LogP contribution in [-0.4, -0.2) is 24.9 Å². The molecule has 0 aliphatic rings. The second-order valence-corrected chi connectivity index (χ2v) is 4.43. The van der Waals surface area contributed by atoms with Crippen molar-refractivity contribution in [1.82, 2.24) is 5.32 Å². The molecule has 0 radical (unpaired) electrons. The molecule has 0 saturated carbocycles. The Labute approximate surface area is 113 Å². The fraction of sp³-hybridized carbons (Fsp3) is 0.429. The minimum atomic E-state index is -0.420. The van der Waals surface area contributed by atoms with Gasteiger partial charge in [-0.15, -0.1) is 0 Å². The maximum atomic E-state index is 11.9. The van der Waals surface area contributed by atoms with Gasteiger partial charge >= 0.3 is 0 Å². The third kappa shape index (κ3) is 4.99. The Kier molecular flexibility index (Phi) is 5.85. The second-order valence-electron chi connectivity index (χ2n) is 4.43. The molecule has 0 fully saturated rings. The van der Waals surface area contributed by atoms with Crippen molar-refractivity contribution in [2.45, 2.75) is 26.7 Å². The second kappa shape index (κ2) is 7.41. The molecular weight excluding hydrogens is 242 g/mol. The van der Waals surface area contributed by atoms with Crippen LogP contribution < -0.4 is 16.4 Å². The van der Waals surface area contributed by atoms with E-state index in [9.17, 15) is 9.59 Å². The highest BCUT2D eigenvalue weighted by Gasteiger charge is 2.09. The first-order chi connectivity index (χ1) is 9.04. The Balaban J connectivity index is 2.62. The van der Waals surface area contributed by atoms with Gasteiger partial charge in [0.25, 0.3) is 5.91 Å². The van der Waals surface area contributed by atoms with E-state index in [0.717, 1.165) is 24.2 Å². The van der Waals surface area contributed by atoms with Crippen molar-refractivity contribution in [2.24, 2.45) is 5.73 Å². The van der Waals surface area contributed by atoms with Crippen LogP contribution in [0.15, 0.2) is 18.2 Å². The Morgan fingerprint density at radius 2 is 2.00 bits per heavy atom. The number of nitrogens with one attached hydrogen (secondary N) is 2. The molecule has 0 heterocycles. The number of carbonyl (C=O) groups is 2. The number of aryl methyl sites for hydroxylation is 1. The van der Waals surface area contributed by atoms with Gasteiger partial charge in [0.05, 0.1) is 0 Å².